The lowest BCUT2D eigenvalue weighted by Gasteiger charge is -2.44. The number of thiophene rings is 1. The summed E-state index contributed by atoms with van der Waals surface area (Å²) in [6, 6.07) is 6.77. The van der Waals surface area contributed by atoms with E-state index in [1.807, 2.05) is 0 Å². The monoisotopic (exact) mass is 440 g/mol. The lowest BCUT2D eigenvalue weighted by Crippen LogP contribution is -2.64. The van der Waals surface area contributed by atoms with E-state index in [-0.39, 0.29) is 6.54 Å². The maximum Gasteiger partial charge on any atom is 0.252 e. The Morgan fingerprint density at radius 2 is 1.93 bits per heavy atom. The summed E-state index contributed by atoms with van der Waals surface area (Å²) in [6.45, 7) is 2.30. The fourth-order valence-electron chi connectivity index (χ4n) is 3.88. The molecular weight excluding hydrogens is 418 g/mol. The van der Waals surface area contributed by atoms with Gasteiger partial charge in [0, 0.05) is 32.2 Å². The van der Waals surface area contributed by atoms with Crippen LogP contribution in [0.25, 0.3) is 0 Å². The quantitative estimate of drug-likeness (QED) is 0.766. The summed E-state index contributed by atoms with van der Waals surface area (Å²) in [4.78, 5) is 4.59. The first kappa shape index (κ1) is 20.4. The molecule has 0 unspecified atom stereocenters. The van der Waals surface area contributed by atoms with E-state index < -0.39 is 27.2 Å². The number of hydrogen-bond donors (Lipinski definition) is 2. The number of benzene rings is 1. The highest BCUT2D eigenvalue weighted by Crippen LogP contribution is 2.30. The van der Waals surface area contributed by atoms with Gasteiger partial charge in [-0.1, -0.05) is 6.07 Å². The SMILES string of the molecule is O=S(=O)(c1cccs1)N1CCC2(CC1)NCCN=C2NCc1cc(F)cc(F)c1. The second-order valence-electron chi connectivity index (χ2n) is 7.21. The van der Waals surface area contributed by atoms with Crippen molar-refractivity contribution >= 4 is 27.2 Å². The van der Waals surface area contributed by atoms with Gasteiger partial charge in [0.2, 0.25) is 0 Å². The third kappa shape index (κ3) is 4.20. The molecule has 4 rings (SSSR count). The van der Waals surface area contributed by atoms with Crippen molar-refractivity contribution in [2.45, 2.75) is 29.1 Å². The molecule has 0 amide bonds. The Labute approximate surface area is 172 Å². The van der Waals surface area contributed by atoms with Gasteiger partial charge < -0.3 is 10.6 Å². The van der Waals surface area contributed by atoms with Gasteiger partial charge in [0.15, 0.2) is 0 Å². The van der Waals surface area contributed by atoms with Crippen LogP contribution < -0.4 is 10.6 Å². The number of hydrogen-bond acceptors (Lipinski definition) is 6. The summed E-state index contributed by atoms with van der Waals surface area (Å²) in [7, 11) is -3.48. The van der Waals surface area contributed by atoms with Gasteiger partial charge in [-0.25, -0.2) is 17.2 Å². The van der Waals surface area contributed by atoms with E-state index in [0.29, 0.717) is 48.8 Å². The molecule has 3 heterocycles. The maximum absolute atomic E-state index is 13.4. The van der Waals surface area contributed by atoms with Crippen molar-refractivity contribution in [3.63, 3.8) is 0 Å². The number of nitrogens with zero attached hydrogens (tertiary/aromatic N) is 2. The van der Waals surface area contributed by atoms with Crippen molar-refractivity contribution < 1.29 is 17.2 Å². The van der Waals surface area contributed by atoms with Crippen molar-refractivity contribution in [3.8, 4) is 0 Å². The summed E-state index contributed by atoms with van der Waals surface area (Å²) in [5, 5.41) is 8.47. The third-order valence-electron chi connectivity index (χ3n) is 5.35. The number of halogens is 2. The van der Waals surface area contributed by atoms with Crippen LogP contribution in [0.1, 0.15) is 18.4 Å². The Bertz CT molecular complexity index is 981. The van der Waals surface area contributed by atoms with Gasteiger partial charge in [0.05, 0.1) is 12.1 Å². The average Bonchev–Trinajstić information content (AvgIpc) is 3.23. The molecule has 0 saturated carbocycles. The van der Waals surface area contributed by atoms with Gasteiger partial charge in [0.1, 0.15) is 21.7 Å². The van der Waals surface area contributed by atoms with E-state index in [0.717, 1.165) is 11.9 Å². The molecule has 1 aromatic heterocycles. The van der Waals surface area contributed by atoms with Gasteiger partial charge in [0.25, 0.3) is 10.0 Å². The van der Waals surface area contributed by atoms with Crippen LogP contribution in [0.5, 0.6) is 0 Å². The number of nitrogens with one attached hydrogen (secondary N) is 2. The second kappa shape index (κ2) is 8.10. The molecule has 2 aromatic rings. The average molecular weight is 441 g/mol. The predicted molar refractivity (Wildman–Crippen MR) is 109 cm³/mol. The molecule has 0 atom stereocenters. The second-order valence-corrected chi connectivity index (χ2v) is 10.3. The van der Waals surface area contributed by atoms with E-state index in [9.17, 15) is 17.2 Å². The van der Waals surface area contributed by atoms with E-state index in [1.165, 1.54) is 27.8 Å². The number of aliphatic imine (C=N–C) groups is 1. The summed E-state index contributed by atoms with van der Waals surface area (Å²) < 4.78 is 54.3. The molecular formula is C19H22F2N4O2S2. The molecule has 10 heteroatoms. The predicted octanol–water partition coefficient (Wildman–Crippen LogP) is 2.34. The minimum atomic E-state index is -3.48. The summed E-state index contributed by atoms with van der Waals surface area (Å²) in [5.41, 5.74) is 0.0367. The lowest BCUT2D eigenvalue weighted by atomic mass is 9.85. The van der Waals surface area contributed by atoms with E-state index >= 15 is 0 Å². The van der Waals surface area contributed by atoms with Crippen LogP contribution in [0.2, 0.25) is 0 Å². The minimum Gasteiger partial charge on any atom is -0.368 e. The maximum atomic E-state index is 13.4. The Kier molecular flexibility index (Phi) is 5.69. The molecule has 29 heavy (non-hydrogen) atoms. The van der Waals surface area contributed by atoms with Crippen molar-refractivity contribution in [2.75, 3.05) is 26.2 Å². The first-order valence-corrected chi connectivity index (χ1v) is 11.7. The van der Waals surface area contributed by atoms with Crippen LogP contribution in [-0.2, 0) is 16.6 Å². The van der Waals surface area contributed by atoms with Gasteiger partial charge in [-0.2, -0.15) is 4.31 Å². The zero-order valence-corrected chi connectivity index (χ0v) is 17.3. The van der Waals surface area contributed by atoms with Gasteiger partial charge >= 0.3 is 0 Å². The number of rotatable bonds is 4. The normalized spacial score (nSPS) is 19.9. The molecule has 2 aliphatic heterocycles. The molecule has 1 aromatic carbocycles. The van der Waals surface area contributed by atoms with Gasteiger partial charge in [-0.3, -0.25) is 4.99 Å². The fraction of sp³-hybridized carbons (Fsp3) is 0.421. The van der Waals surface area contributed by atoms with Crippen LogP contribution in [-0.4, -0.2) is 50.3 Å². The lowest BCUT2D eigenvalue weighted by molar-refractivity contribution is 0.241. The number of sulfonamides is 1. The van der Waals surface area contributed by atoms with Gasteiger partial charge in [-0.05, 0) is 42.0 Å². The van der Waals surface area contributed by atoms with Crippen molar-refractivity contribution in [1.29, 1.82) is 0 Å². The molecule has 1 spiro atoms. The standard InChI is InChI=1S/C19H22F2N4O2S2/c20-15-10-14(11-16(21)12-15)13-23-18-19(24-6-5-22-18)3-7-25(8-4-19)29(26,27)17-2-1-9-28-17/h1-2,9-12,24H,3-8,13H2,(H,22,23). The van der Waals surface area contributed by atoms with E-state index in [2.05, 4.69) is 15.6 Å². The van der Waals surface area contributed by atoms with Crippen molar-refractivity contribution in [2.24, 2.45) is 4.99 Å². The number of piperidine rings is 1. The molecule has 2 N–H and O–H groups in total. The molecule has 0 radical (unpaired) electrons. The van der Waals surface area contributed by atoms with Crippen molar-refractivity contribution in [3.05, 3.63) is 52.9 Å². The summed E-state index contributed by atoms with van der Waals surface area (Å²) >= 11 is 1.22. The zero-order valence-electron chi connectivity index (χ0n) is 15.7. The highest BCUT2D eigenvalue weighted by atomic mass is 32.2. The Hall–Kier alpha value is -1.88. The highest BCUT2D eigenvalue weighted by Gasteiger charge is 2.43. The van der Waals surface area contributed by atoms with Gasteiger partial charge in [-0.15, -0.1) is 11.3 Å². The van der Waals surface area contributed by atoms with Crippen molar-refractivity contribution in [1.82, 2.24) is 14.9 Å². The molecule has 156 valence electrons. The molecule has 1 fully saturated rings. The number of amidine groups is 1. The fourth-order valence-corrected chi connectivity index (χ4v) is 6.47. The van der Waals surface area contributed by atoms with Crippen LogP contribution in [0, 0.1) is 11.6 Å². The minimum absolute atomic E-state index is 0.244. The third-order valence-corrected chi connectivity index (χ3v) is 8.62. The van der Waals surface area contributed by atoms with E-state index in [4.69, 9.17) is 0 Å². The zero-order chi connectivity index (χ0) is 20.5. The highest BCUT2D eigenvalue weighted by molar-refractivity contribution is 7.91. The summed E-state index contributed by atoms with van der Waals surface area (Å²) in [5.74, 6) is -0.513. The Morgan fingerprint density at radius 1 is 1.21 bits per heavy atom. The smallest absolute Gasteiger partial charge is 0.252 e. The molecule has 6 nitrogen and oxygen atoms in total. The molecule has 0 bridgehead atoms. The molecule has 1 saturated heterocycles. The Morgan fingerprint density at radius 3 is 2.59 bits per heavy atom. The first-order valence-electron chi connectivity index (χ1n) is 9.42. The van der Waals surface area contributed by atoms with E-state index in [1.54, 1.807) is 17.5 Å². The summed E-state index contributed by atoms with van der Waals surface area (Å²) in [6.07, 6.45) is 1.14. The molecule has 0 aliphatic carbocycles. The first-order chi connectivity index (χ1) is 13.9. The largest absolute Gasteiger partial charge is 0.368 e. The van der Waals surface area contributed by atoms with Crippen LogP contribution >= 0.6 is 11.3 Å². The topological polar surface area (TPSA) is 73.8 Å². The van der Waals surface area contributed by atoms with Crippen LogP contribution in [0.15, 0.2) is 44.9 Å². The van der Waals surface area contributed by atoms with Crippen LogP contribution in [0.3, 0.4) is 0 Å². The molecule has 2 aliphatic rings. The van der Waals surface area contributed by atoms with Crippen LogP contribution in [0.4, 0.5) is 8.78 Å². The Balaban J connectivity index is 1.46.